The Kier molecular flexibility index (Phi) is 10.7. The third-order valence-corrected chi connectivity index (χ3v) is 0.988. The first kappa shape index (κ1) is 13.4. The van der Waals surface area contributed by atoms with E-state index in [2.05, 4.69) is 33.0 Å². The Morgan fingerprint density at radius 2 is 1.20 bits per heavy atom. The van der Waals surface area contributed by atoms with Gasteiger partial charge in [-0.05, 0) is 0 Å². The Hall–Kier alpha value is 0.843. The van der Waals surface area contributed by atoms with Crippen molar-refractivity contribution in [3.05, 3.63) is 5.32 Å². The average Bonchev–Trinajstić information content (AvgIpc) is 1.63. The minimum Gasteiger partial charge on any atom is -0.662 e. The van der Waals surface area contributed by atoms with Crippen molar-refractivity contribution in [2.45, 2.75) is 27.7 Å². The molecule has 0 atom stereocenters. The number of rotatable bonds is 4. The first-order valence-electron chi connectivity index (χ1n) is 3.76. The standard InChI is InChI=1S/C8H18N.Zr/c1-7(2)5-9-6-8(3)4;/h7-8H,5-6H2,1-4H3;/q-1;+4. The van der Waals surface area contributed by atoms with Crippen molar-refractivity contribution < 1.29 is 26.2 Å². The fourth-order valence-electron chi connectivity index (χ4n) is 0.591. The molecule has 0 aliphatic heterocycles. The minimum absolute atomic E-state index is 0. The molecule has 0 fully saturated rings. The summed E-state index contributed by atoms with van der Waals surface area (Å²) >= 11 is 0. The zero-order valence-corrected chi connectivity index (χ0v) is 9.97. The Bertz CT molecular complexity index is 54.3. The normalized spacial score (nSPS) is 10.2. The molecule has 10 heavy (non-hydrogen) atoms. The summed E-state index contributed by atoms with van der Waals surface area (Å²) in [6.45, 7) is 10.8. The second-order valence-corrected chi connectivity index (χ2v) is 3.38. The molecular weight excluding hydrogens is 201 g/mol. The van der Waals surface area contributed by atoms with Crippen molar-refractivity contribution in [1.29, 1.82) is 0 Å². The Balaban J connectivity index is 0. The maximum Gasteiger partial charge on any atom is 4.00 e. The third kappa shape index (κ3) is 11.6. The summed E-state index contributed by atoms with van der Waals surface area (Å²) in [6, 6.07) is 0. The van der Waals surface area contributed by atoms with E-state index in [9.17, 15) is 0 Å². The van der Waals surface area contributed by atoms with E-state index >= 15 is 0 Å². The van der Waals surface area contributed by atoms with E-state index in [1.807, 2.05) is 0 Å². The topological polar surface area (TPSA) is 14.1 Å². The van der Waals surface area contributed by atoms with Gasteiger partial charge in [-0.3, -0.25) is 0 Å². The summed E-state index contributed by atoms with van der Waals surface area (Å²) < 4.78 is 0. The molecule has 0 aliphatic rings. The van der Waals surface area contributed by atoms with Gasteiger partial charge in [-0.15, -0.1) is 13.1 Å². The number of nitrogens with zero attached hydrogens (tertiary/aromatic N) is 1. The molecule has 0 bridgehead atoms. The molecule has 0 N–H and O–H groups in total. The van der Waals surface area contributed by atoms with E-state index in [0.29, 0.717) is 0 Å². The van der Waals surface area contributed by atoms with Gasteiger partial charge in [0, 0.05) is 0 Å². The van der Waals surface area contributed by atoms with Crippen LogP contribution in [0.5, 0.6) is 0 Å². The molecule has 0 radical (unpaired) electrons. The van der Waals surface area contributed by atoms with Crippen molar-refractivity contribution >= 4 is 0 Å². The van der Waals surface area contributed by atoms with Crippen LogP contribution in [-0.4, -0.2) is 13.1 Å². The van der Waals surface area contributed by atoms with Crippen LogP contribution < -0.4 is 0 Å². The maximum atomic E-state index is 4.37. The van der Waals surface area contributed by atoms with Crippen LogP contribution in [0.25, 0.3) is 5.32 Å². The summed E-state index contributed by atoms with van der Waals surface area (Å²) in [5.74, 6) is 1.45. The van der Waals surface area contributed by atoms with Gasteiger partial charge >= 0.3 is 26.2 Å². The number of hydrogen-bond acceptors (Lipinski definition) is 0. The molecule has 0 amide bonds. The fourth-order valence-corrected chi connectivity index (χ4v) is 0.591. The molecule has 0 aromatic heterocycles. The predicted molar refractivity (Wildman–Crippen MR) is 42.8 cm³/mol. The smallest absolute Gasteiger partial charge is 0.662 e. The van der Waals surface area contributed by atoms with Crippen LogP contribution >= 0.6 is 0 Å². The van der Waals surface area contributed by atoms with Gasteiger partial charge < -0.3 is 5.32 Å². The maximum absolute atomic E-state index is 4.37. The predicted octanol–water partition coefficient (Wildman–Crippen LogP) is 2.67. The van der Waals surface area contributed by atoms with Crippen molar-refractivity contribution in [3.8, 4) is 0 Å². The molecular formula is C8H18NZr+3. The summed E-state index contributed by atoms with van der Waals surface area (Å²) in [5.41, 5.74) is 0. The zero-order chi connectivity index (χ0) is 7.28. The zero-order valence-electron chi connectivity index (χ0n) is 7.52. The van der Waals surface area contributed by atoms with Crippen LogP contribution in [0.3, 0.4) is 0 Å². The minimum atomic E-state index is 0. The molecule has 0 aliphatic carbocycles. The van der Waals surface area contributed by atoms with Crippen molar-refractivity contribution in [2.24, 2.45) is 11.8 Å². The SMILES string of the molecule is CC(C)C[N-]CC(C)C.[Zr+4]. The van der Waals surface area contributed by atoms with Crippen LogP contribution in [0.4, 0.5) is 0 Å². The monoisotopic (exact) mass is 218 g/mol. The van der Waals surface area contributed by atoms with E-state index in [1.54, 1.807) is 0 Å². The Morgan fingerprint density at radius 3 is 1.40 bits per heavy atom. The average molecular weight is 219 g/mol. The van der Waals surface area contributed by atoms with Crippen LogP contribution in [0.15, 0.2) is 0 Å². The fraction of sp³-hybridized carbons (Fsp3) is 1.00. The first-order chi connectivity index (χ1) is 4.13. The van der Waals surface area contributed by atoms with Gasteiger partial charge in [0.2, 0.25) is 0 Å². The van der Waals surface area contributed by atoms with Gasteiger partial charge in [0.05, 0.1) is 0 Å². The molecule has 0 aromatic rings. The van der Waals surface area contributed by atoms with E-state index in [-0.39, 0.29) is 26.2 Å². The molecule has 1 nitrogen and oxygen atoms in total. The van der Waals surface area contributed by atoms with Crippen LogP contribution in [0, 0.1) is 11.8 Å². The molecule has 0 spiro atoms. The molecule has 0 rings (SSSR count). The Morgan fingerprint density at radius 1 is 0.900 bits per heavy atom. The third-order valence-electron chi connectivity index (χ3n) is 0.988. The van der Waals surface area contributed by atoms with Gasteiger partial charge in [0.1, 0.15) is 0 Å². The van der Waals surface area contributed by atoms with Crippen LogP contribution in [0.1, 0.15) is 27.7 Å². The molecule has 2 heteroatoms. The molecule has 0 aromatic carbocycles. The molecule has 0 heterocycles. The second-order valence-electron chi connectivity index (χ2n) is 3.38. The Labute approximate surface area is 84.1 Å². The van der Waals surface area contributed by atoms with Crippen molar-refractivity contribution in [2.75, 3.05) is 13.1 Å². The van der Waals surface area contributed by atoms with E-state index in [1.165, 1.54) is 0 Å². The van der Waals surface area contributed by atoms with E-state index in [4.69, 9.17) is 0 Å². The van der Waals surface area contributed by atoms with Crippen molar-refractivity contribution in [1.82, 2.24) is 0 Å². The van der Waals surface area contributed by atoms with Crippen LogP contribution in [0.2, 0.25) is 0 Å². The summed E-state index contributed by atoms with van der Waals surface area (Å²) in [4.78, 5) is 0. The van der Waals surface area contributed by atoms with Gasteiger partial charge in [-0.2, -0.15) is 0 Å². The van der Waals surface area contributed by atoms with Gasteiger partial charge in [0.15, 0.2) is 0 Å². The van der Waals surface area contributed by atoms with Gasteiger partial charge in [0.25, 0.3) is 0 Å². The molecule has 0 unspecified atom stereocenters. The van der Waals surface area contributed by atoms with Gasteiger partial charge in [-0.1, -0.05) is 39.5 Å². The quantitative estimate of drug-likeness (QED) is 0.690. The summed E-state index contributed by atoms with van der Waals surface area (Å²) in [6.07, 6.45) is 0. The van der Waals surface area contributed by atoms with Crippen molar-refractivity contribution in [3.63, 3.8) is 0 Å². The largest absolute Gasteiger partial charge is 4.00 e. The molecule has 0 saturated carbocycles. The summed E-state index contributed by atoms with van der Waals surface area (Å²) in [7, 11) is 0. The van der Waals surface area contributed by atoms with Gasteiger partial charge in [-0.25, -0.2) is 0 Å². The molecule has 0 saturated heterocycles. The van der Waals surface area contributed by atoms with E-state index in [0.717, 1.165) is 24.9 Å². The summed E-state index contributed by atoms with van der Waals surface area (Å²) in [5, 5.41) is 4.37. The van der Waals surface area contributed by atoms with Crippen LogP contribution in [-0.2, 0) is 26.2 Å². The molecule has 56 valence electrons. The van der Waals surface area contributed by atoms with E-state index < -0.39 is 0 Å². The first-order valence-corrected chi connectivity index (χ1v) is 3.76. The number of hydrogen-bond donors (Lipinski definition) is 0. The second kappa shape index (κ2) is 7.94.